The lowest BCUT2D eigenvalue weighted by Gasteiger charge is -2.20. The first-order valence-corrected chi connectivity index (χ1v) is 5.91. The SMILES string of the molecule is C=C(CC)C(=O)OC(C)C(C)CCCC. The van der Waals surface area contributed by atoms with E-state index in [9.17, 15) is 4.79 Å². The summed E-state index contributed by atoms with van der Waals surface area (Å²) in [5, 5.41) is 0. The van der Waals surface area contributed by atoms with Gasteiger partial charge in [-0.2, -0.15) is 0 Å². The van der Waals surface area contributed by atoms with Crippen LogP contribution in [0.5, 0.6) is 0 Å². The van der Waals surface area contributed by atoms with E-state index in [1.165, 1.54) is 12.8 Å². The molecule has 0 rings (SSSR count). The van der Waals surface area contributed by atoms with E-state index < -0.39 is 0 Å². The molecule has 0 aliphatic carbocycles. The maximum atomic E-state index is 11.4. The van der Waals surface area contributed by atoms with Crippen molar-refractivity contribution in [3.63, 3.8) is 0 Å². The Bertz CT molecular complexity index is 209. The molecule has 0 aliphatic heterocycles. The normalized spacial score (nSPS) is 14.4. The van der Waals surface area contributed by atoms with Crippen molar-refractivity contribution in [2.45, 2.75) is 59.5 Å². The highest BCUT2D eigenvalue weighted by Gasteiger charge is 2.17. The van der Waals surface area contributed by atoms with Gasteiger partial charge in [-0.1, -0.05) is 40.2 Å². The van der Waals surface area contributed by atoms with Crippen LogP contribution in [0.25, 0.3) is 0 Å². The molecule has 0 fully saturated rings. The first-order valence-electron chi connectivity index (χ1n) is 5.91. The third-order valence-electron chi connectivity index (χ3n) is 2.82. The minimum absolute atomic E-state index is 0.00708. The maximum Gasteiger partial charge on any atom is 0.333 e. The van der Waals surface area contributed by atoms with Gasteiger partial charge < -0.3 is 4.74 Å². The smallest absolute Gasteiger partial charge is 0.333 e. The molecular weight excluding hydrogens is 188 g/mol. The predicted octanol–water partition coefficient (Wildman–Crippen LogP) is 3.71. The molecule has 0 aromatic rings. The van der Waals surface area contributed by atoms with E-state index in [1.807, 2.05) is 13.8 Å². The summed E-state index contributed by atoms with van der Waals surface area (Å²) in [6.45, 7) is 11.8. The molecule has 2 atom stereocenters. The minimum Gasteiger partial charge on any atom is -0.459 e. The fourth-order valence-electron chi connectivity index (χ4n) is 1.27. The number of carbonyl (C=O) groups is 1. The summed E-state index contributed by atoms with van der Waals surface area (Å²) in [5.74, 6) is 0.187. The second-order valence-electron chi connectivity index (χ2n) is 4.19. The van der Waals surface area contributed by atoms with Gasteiger partial charge in [-0.3, -0.25) is 0 Å². The minimum atomic E-state index is -0.242. The Morgan fingerprint density at radius 2 is 1.93 bits per heavy atom. The highest BCUT2D eigenvalue weighted by atomic mass is 16.5. The van der Waals surface area contributed by atoms with E-state index in [-0.39, 0.29) is 12.1 Å². The molecule has 15 heavy (non-hydrogen) atoms. The van der Waals surface area contributed by atoms with Crippen molar-refractivity contribution in [3.05, 3.63) is 12.2 Å². The zero-order valence-electron chi connectivity index (χ0n) is 10.5. The summed E-state index contributed by atoms with van der Waals surface area (Å²) in [6, 6.07) is 0. The van der Waals surface area contributed by atoms with Crippen LogP contribution in [0.2, 0.25) is 0 Å². The van der Waals surface area contributed by atoms with Crippen molar-refractivity contribution in [3.8, 4) is 0 Å². The summed E-state index contributed by atoms with van der Waals surface area (Å²) >= 11 is 0. The van der Waals surface area contributed by atoms with E-state index in [4.69, 9.17) is 4.74 Å². The van der Waals surface area contributed by atoms with Crippen LogP contribution in [0.4, 0.5) is 0 Å². The summed E-state index contributed by atoms with van der Waals surface area (Å²) in [4.78, 5) is 11.4. The zero-order valence-corrected chi connectivity index (χ0v) is 10.5. The van der Waals surface area contributed by atoms with Gasteiger partial charge in [-0.05, 0) is 25.7 Å². The van der Waals surface area contributed by atoms with Gasteiger partial charge >= 0.3 is 5.97 Å². The molecule has 0 spiro atoms. The van der Waals surface area contributed by atoms with Crippen molar-refractivity contribution in [2.24, 2.45) is 5.92 Å². The molecule has 0 saturated heterocycles. The Morgan fingerprint density at radius 3 is 2.40 bits per heavy atom. The molecule has 2 nitrogen and oxygen atoms in total. The predicted molar refractivity (Wildman–Crippen MR) is 63.7 cm³/mol. The Morgan fingerprint density at radius 1 is 1.33 bits per heavy atom. The highest BCUT2D eigenvalue weighted by Crippen LogP contribution is 2.16. The average molecular weight is 212 g/mol. The van der Waals surface area contributed by atoms with E-state index >= 15 is 0 Å². The summed E-state index contributed by atoms with van der Waals surface area (Å²) in [6.07, 6.45) is 4.15. The molecule has 0 saturated carbocycles. The molecule has 0 aromatic heterocycles. The van der Waals surface area contributed by atoms with Crippen LogP contribution in [0.1, 0.15) is 53.4 Å². The number of carbonyl (C=O) groups excluding carboxylic acids is 1. The topological polar surface area (TPSA) is 26.3 Å². The second kappa shape index (κ2) is 7.49. The summed E-state index contributed by atoms with van der Waals surface area (Å²) in [7, 11) is 0. The lowest BCUT2D eigenvalue weighted by Crippen LogP contribution is -2.22. The first-order chi connectivity index (χ1) is 7.02. The molecule has 0 bridgehead atoms. The van der Waals surface area contributed by atoms with E-state index in [0.717, 1.165) is 6.42 Å². The molecule has 88 valence electrons. The van der Waals surface area contributed by atoms with E-state index in [0.29, 0.717) is 17.9 Å². The number of rotatable bonds is 7. The van der Waals surface area contributed by atoms with Crippen LogP contribution in [0.3, 0.4) is 0 Å². The lowest BCUT2D eigenvalue weighted by molar-refractivity contribution is -0.145. The molecule has 0 N–H and O–H groups in total. The van der Waals surface area contributed by atoms with Crippen molar-refractivity contribution in [1.29, 1.82) is 0 Å². The fraction of sp³-hybridized carbons (Fsp3) is 0.769. The quantitative estimate of drug-likeness (QED) is 0.475. The fourth-order valence-corrected chi connectivity index (χ4v) is 1.27. The Labute approximate surface area is 93.7 Å². The van der Waals surface area contributed by atoms with Crippen molar-refractivity contribution < 1.29 is 9.53 Å². The van der Waals surface area contributed by atoms with Gasteiger partial charge in [0.05, 0.1) is 0 Å². The Hall–Kier alpha value is -0.790. The van der Waals surface area contributed by atoms with Crippen LogP contribution in [0.15, 0.2) is 12.2 Å². The van der Waals surface area contributed by atoms with Gasteiger partial charge in [0.1, 0.15) is 6.10 Å². The summed E-state index contributed by atoms with van der Waals surface area (Å²) in [5.41, 5.74) is 0.560. The molecule has 0 aliphatic rings. The van der Waals surface area contributed by atoms with Gasteiger partial charge in [-0.15, -0.1) is 0 Å². The van der Waals surface area contributed by atoms with Gasteiger partial charge in [0.2, 0.25) is 0 Å². The maximum absolute atomic E-state index is 11.4. The zero-order chi connectivity index (χ0) is 11.8. The first kappa shape index (κ1) is 14.2. The van der Waals surface area contributed by atoms with Gasteiger partial charge in [0.25, 0.3) is 0 Å². The third-order valence-corrected chi connectivity index (χ3v) is 2.82. The number of hydrogen-bond acceptors (Lipinski definition) is 2. The highest BCUT2D eigenvalue weighted by molar-refractivity contribution is 5.87. The molecule has 2 heteroatoms. The van der Waals surface area contributed by atoms with Gasteiger partial charge in [0.15, 0.2) is 0 Å². The van der Waals surface area contributed by atoms with Crippen molar-refractivity contribution >= 4 is 5.97 Å². The van der Waals surface area contributed by atoms with Crippen molar-refractivity contribution in [2.75, 3.05) is 0 Å². The Balaban J connectivity index is 3.95. The van der Waals surface area contributed by atoms with Crippen LogP contribution >= 0.6 is 0 Å². The molecule has 0 aromatic carbocycles. The number of hydrogen-bond donors (Lipinski definition) is 0. The van der Waals surface area contributed by atoms with Gasteiger partial charge in [-0.25, -0.2) is 4.79 Å². The van der Waals surface area contributed by atoms with Gasteiger partial charge in [0, 0.05) is 5.57 Å². The third kappa shape index (κ3) is 5.60. The number of unbranched alkanes of at least 4 members (excludes halogenated alkanes) is 1. The number of esters is 1. The number of ether oxygens (including phenoxy) is 1. The van der Waals surface area contributed by atoms with Crippen LogP contribution < -0.4 is 0 Å². The largest absolute Gasteiger partial charge is 0.459 e. The second-order valence-corrected chi connectivity index (χ2v) is 4.19. The molecule has 0 heterocycles. The van der Waals surface area contributed by atoms with E-state index in [2.05, 4.69) is 20.4 Å². The molecular formula is C13H24O2. The van der Waals surface area contributed by atoms with Crippen LogP contribution in [-0.2, 0) is 9.53 Å². The van der Waals surface area contributed by atoms with Crippen molar-refractivity contribution in [1.82, 2.24) is 0 Å². The average Bonchev–Trinajstić information content (AvgIpc) is 2.24. The van der Waals surface area contributed by atoms with Crippen LogP contribution in [-0.4, -0.2) is 12.1 Å². The molecule has 2 unspecified atom stereocenters. The Kier molecular flexibility index (Phi) is 7.10. The van der Waals surface area contributed by atoms with E-state index in [1.54, 1.807) is 0 Å². The molecule has 0 radical (unpaired) electrons. The lowest BCUT2D eigenvalue weighted by atomic mass is 9.99. The molecule has 0 amide bonds. The van der Waals surface area contributed by atoms with Crippen LogP contribution in [0, 0.1) is 5.92 Å². The standard InChI is InChI=1S/C13H24O2/c1-6-8-9-11(4)12(5)15-13(14)10(3)7-2/h11-12H,3,6-9H2,1-2,4-5H3. The summed E-state index contributed by atoms with van der Waals surface area (Å²) < 4.78 is 5.32. The monoisotopic (exact) mass is 212 g/mol.